The largest absolute Gasteiger partial charge is 0.334 e. The number of nitrogens with zero attached hydrogens (tertiary/aromatic N) is 3. The molecule has 0 saturated heterocycles. The molecule has 0 fully saturated rings. The molecular weight excluding hydrogens is 380 g/mol. The van der Waals surface area contributed by atoms with Crippen LogP contribution in [0.5, 0.6) is 0 Å². The first-order chi connectivity index (χ1) is 14.1. The maximum Gasteiger partial charge on any atom is 0.260 e. The van der Waals surface area contributed by atoms with Crippen molar-refractivity contribution in [3.63, 3.8) is 0 Å². The van der Waals surface area contributed by atoms with Gasteiger partial charge in [0, 0.05) is 5.56 Å². The number of nitriles is 1. The Hall–Kier alpha value is -2.75. The number of amides is 1. The van der Waals surface area contributed by atoms with E-state index >= 15 is 0 Å². The Labute approximate surface area is 176 Å². The van der Waals surface area contributed by atoms with E-state index in [1.807, 2.05) is 6.07 Å². The molecule has 29 heavy (non-hydrogen) atoms. The van der Waals surface area contributed by atoms with Gasteiger partial charge in [0.25, 0.3) is 5.91 Å². The van der Waals surface area contributed by atoms with Crippen molar-refractivity contribution >= 4 is 32.6 Å². The molecule has 0 aliphatic carbocycles. The number of carbonyl (C=O) groups is 1. The van der Waals surface area contributed by atoms with Gasteiger partial charge in [-0.3, -0.25) is 9.69 Å². The molecule has 0 atom stereocenters. The third kappa shape index (κ3) is 4.81. The van der Waals surface area contributed by atoms with Crippen molar-refractivity contribution in [1.82, 2.24) is 4.98 Å². The fourth-order valence-corrected chi connectivity index (χ4v) is 4.35. The van der Waals surface area contributed by atoms with Gasteiger partial charge in [0.05, 0.1) is 48.0 Å². The van der Waals surface area contributed by atoms with Crippen molar-refractivity contribution in [2.24, 2.45) is 0 Å². The molecule has 1 heterocycles. The molecule has 6 heteroatoms. The van der Waals surface area contributed by atoms with E-state index in [0.29, 0.717) is 17.7 Å². The van der Waals surface area contributed by atoms with E-state index in [1.165, 1.54) is 10.5 Å². The summed E-state index contributed by atoms with van der Waals surface area (Å²) in [5.41, 5.74) is 3.32. The topological polar surface area (TPSA) is 61.4 Å². The van der Waals surface area contributed by atoms with Gasteiger partial charge in [-0.15, -0.1) is 0 Å². The molecule has 0 unspecified atom stereocenters. The van der Waals surface area contributed by atoms with E-state index in [-0.39, 0.29) is 5.91 Å². The van der Waals surface area contributed by atoms with Crippen LogP contribution in [0.3, 0.4) is 0 Å². The van der Waals surface area contributed by atoms with E-state index in [2.05, 4.69) is 39.0 Å². The van der Waals surface area contributed by atoms with Crippen LogP contribution in [0.4, 0.5) is 5.13 Å². The molecule has 5 nitrogen and oxygen atoms in total. The predicted molar refractivity (Wildman–Crippen MR) is 119 cm³/mol. The standard InChI is InChI=1S/C23H26N4OS/c1-4-17-9-12-20-21(15-17)29-23(25-20)27(14-13-26(5-2)6-3)22(28)19-10-7-18(16-24)8-11-19/h7-12,15H,4-6,13-14H2,1-3H3/p+1. The molecular formula is C23H27N4OS+. The van der Waals surface area contributed by atoms with Crippen LogP contribution in [0, 0.1) is 11.3 Å². The molecule has 2 aromatic carbocycles. The number of nitrogens with one attached hydrogen (secondary N) is 1. The second-order valence-corrected chi connectivity index (χ2v) is 8.01. The molecule has 0 aliphatic heterocycles. The predicted octanol–water partition coefficient (Wildman–Crippen LogP) is 3.30. The lowest BCUT2D eigenvalue weighted by Gasteiger charge is -2.23. The molecule has 0 radical (unpaired) electrons. The first-order valence-electron chi connectivity index (χ1n) is 10.1. The highest BCUT2D eigenvalue weighted by Gasteiger charge is 2.23. The molecule has 0 spiro atoms. The lowest BCUT2D eigenvalue weighted by molar-refractivity contribution is -0.894. The number of thiazole rings is 1. The Kier molecular flexibility index (Phi) is 6.97. The number of hydrogen-bond donors (Lipinski definition) is 1. The van der Waals surface area contributed by atoms with E-state index in [9.17, 15) is 4.79 Å². The summed E-state index contributed by atoms with van der Waals surface area (Å²) in [6.07, 6.45) is 0.975. The van der Waals surface area contributed by atoms with Crippen molar-refractivity contribution in [3.8, 4) is 6.07 Å². The average Bonchev–Trinajstić information content (AvgIpc) is 3.19. The van der Waals surface area contributed by atoms with Crippen LogP contribution in [0.2, 0.25) is 0 Å². The van der Waals surface area contributed by atoms with Crippen LogP contribution in [0.15, 0.2) is 42.5 Å². The van der Waals surface area contributed by atoms with Crippen LogP contribution in [0.25, 0.3) is 10.2 Å². The second kappa shape index (κ2) is 9.64. The molecule has 3 rings (SSSR count). The zero-order valence-corrected chi connectivity index (χ0v) is 18.1. The number of benzene rings is 2. The Bertz CT molecular complexity index is 1020. The molecule has 0 saturated carbocycles. The molecule has 150 valence electrons. The summed E-state index contributed by atoms with van der Waals surface area (Å²) in [5, 5.41) is 9.75. The third-order valence-corrected chi connectivity index (χ3v) is 6.32. The maximum atomic E-state index is 13.3. The molecule has 1 aromatic heterocycles. The van der Waals surface area contributed by atoms with E-state index in [1.54, 1.807) is 40.5 Å². The summed E-state index contributed by atoms with van der Waals surface area (Å²) in [4.78, 5) is 21.3. The summed E-state index contributed by atoms with van der Waals surface area (Å²) in [5.74, 6) is -0.0733. The van der Waals surface area contributed by atoms with E-state index in [4.69, 9.17) is 10.2 Å². The Morgan fingerprint density at radius 1 is 1.14 bits per heavy atom. The lowest BCUT2D eigenvalue weighted by atomic mass is 10.1. The van der Waals surface area contributed by atoms with Crippen molar-refractivity contribution in [3.05, 3.63) is 59.2 Å². The summed E-state index contributed by atoms with van der Waals surface area (Å²) < 4.78 is 1.10. The number of rotatable bonds is 8. The highest BCUT2D eigenvalue weighted by Crippen LogP contribution is 2.30. The molecule has 3 aromatic rings. The SMILES string of the molecule is CCc1ccc2nc(N(CC[NH+](CC)CC)C(=O)c3ccc(C#N)cc3)sc2c1. The molecule has 1 amide bonds. The van der Waals surface area contributed by atoms with Crippen LogP contribution in [-0.2, 0) is 6.42 Å². The van der Waals surface area contributed by atoms with E-state index in [0.717, 1.165) is 41.4 Å². The van der Waals surface area contributed by atoms with Crippen molar-refractivity contribution < 1.29 is 9.69 Å². The highest BCUT2D eigenvalue weighted by atomic mass is 32.1. The number of anilines is 1. The van der Waals surface area contributed by atoms with Crippen LogP contribution < -0.4 is 9.80 Å². The second-order valence-electron chi connectivity index (χ2n) is 7.01. The Morgan fingerprint density at radius 2 is 1.86 bits per heavy atom. The van der Waals surface area contributed by atoms with Gasteiger partial charge in [-0.1, -0.05) is 24.3 Å². The summed E-state index contributed by atoms with van der Waals surface area (Å²) >= 11 is 1.56. The normalized spacial score (nSPS) is 11.0. The zero-order chi connectivity index (χ0) is 20.8. The van der Waals surface area contributed by atoms with Crippen LogP contribution in [-0.4, -0.2) is 37.1 Å². The minimum Gasteiger partial charge on any atom is -0.334 e. The van der Waals surface area contributed by atoms with Gasteiger partial charge in [0.15, 0.2) is 5.13 Å². The monoisotopic (exact) mass is 407 g/mol. The Morgan fingerprint density at radius 3 is 2.48 bits per heavy atom. The van der Waals surface area contributed by atoms with Gasteiger partial charge < -0.3 is 4.90 Å². The number of quaternary nitrogens is 1. The van der Waals surface area contributed by atoms with Crippen LogP contribution in [0.1, 0.15) is 42.3 Å². The zero-order valence-electron chi connectivity index (χ0n) is 17.2. The number of aryl methyl sites for hydroxylation is 1. The Balaban J connectivity index is 1.95. The minimum absolute atomic E-state index is 0.0733. The van der Waals surface area contributed by atoms with Crippen molar-refractivity contribution in [2.45, 2.75) is 27.2 Å². The molecule has 0 bridgehead atoms. The van der Waals surface area contributed by atoms with Crippen LogP contribution >= 0.6 is 11.3 Å². The van der Waals surface area contributed by atoms with Gasteiger partial charge in [0.2, 0.25) is 0 Å². The smallest absolute Gasteiger partial charge is 0.260 e. The number of aromatic nitrogens is 1. The fraction of sp³-hybridized carbons (Fsp3) is 0.348. The van der Waals surface area contributed by atoms with Gasteiger partial charge in [-0.05, 0) is 62.2 Å². The quantitative estimate of drug-likeness (QED) is 0.623. The summed E-state index contributed by atoms with van der Waals surface area (Å²) in [6.45, 7) is 9.98. The third-order valence-electron chi connectivity index (χ3n) is 5.28. The molecule has 0 aliphatic rings. The van der Waals surface area contributed by atoms with Crippen molar-refractivity contribution in [2.75, 3.05) is 31.1 Å². The van der Waals surface area contributed by atoms with Crippen molar-refractivity contribution in [1.29, 1.82) is 5.26 Å². The maximum absolute atomic E-state index is 13.3. The first-order valence-corrected chi connectivity index (χ1v) is 11.0. The number of carbonyl (C=O) groups excluding carboxylic acids is 1. The van der Waals surface area contributed by atoms with Gasteiger partial charge in [-0.2, -0.15) is 5.26 Å². The van der Waals surface area contributed by atoms with Gasteiger partial charge >= 0.3 is 0 Å². The number of likely N-dealkylation sites (N-methyl/N-ethyl adjacent to an activating group) is 1. The fourth-order valence-electron chi connectivity index (χ4n) is 3.29. The van der Waals surface area contributed by atoms with Gasteiger partial charge in [0.1, 0.15) is 0 Å². The summed E-state index contributed by atoms with van der Waals surface area (Å²) in [6, 6.07) is 15.2. The highest BCUT2D eigenvalue weighted by molar-refractivity contribution is 7.22. The summed E-state index contributed by atoms with van der Waals surface area (Å²) in [7, 11) is 0. The minimum atomic E-state index is -0.0733. The molecule has 1 N–H and O–H groups in total. The lowest BCUT2D eigenvalue weighted by Crippen LogP contribution is -3.12. The first kappa shape index (κ1) is 21.0. The van der Waals surface area contributed by atoms with E-state index < -0.39 is 0 Å². The average molecular weight is 408 g/mol. The van der Waals surface area contributed by atoms with Gasteiger partial charge in [-0.25, -0.2) is 4.98 Å². The number of fused-ring (bicyclic) bond motifs is 1. The number of hydrogen-bond acceptors (Lipinski definition) is 4.